The van der Waals surface area contributed by atoms with Crippen molar-refractivity contribution in [2.45, 2.75) is 6.54 Å². The van der Waals surface area contributed by atoms with E-state index in [1.165, 1.54) is 0 Å². The van der Waals surface area contributed by atoms with Crippen molar-refractivity contribution < 1.29 is 4.79 Å². The SMILES string of the molecule is CN(Cc1cccn1-c1ccccc1)C(=O)c1ccc2nc(Cl)n(C)c2c1. The molecule has 0 radical (unpaired) electrons. The van der Waals surface area contributed by atoms with Crippen LogP contribution < -0.4 is 0 Å². The van der Waals surface area contributed by atoms with Crippen LogP contribution in [0.5, 0.6) is 0 Å². The summed E-state index contributed by atoms with van der Waals surface area (Å²) in [5, 5.41) is 0.406. The molecule has 27 heavy (non-hydrogen) atoms. The van der Waals surface area contributed by atoms with Crippen LogP contribution in [0.1, 0.15) is 16.1 Å². The number of benzene rings is 2. The standard InChI is InChI=1S/C21H19ClN4O/c1-24(14-17-9-6-12-26(17)16-7-4-3-5-8-16)20(27)15-10-11-18-19(13-15)25(2)21(22)23-18/h3-13H,14H2,1-2H3. The van der Waals surface area contributed by atoms with E-state index in [1.54, 1.807) is 15.5 Å². The zero-order valence-electron chi connectivity index (χ0n) is 15.1. The highest BCUT2D eigenvalue weighted by molar-refractivity contribution is 6.29. The first kappa shape index (κ1) is 17.4. The quantitative estimate of drug-likeness (QED) is 0.531. The summed E-state index contributed by atoms with van der Waals surface area (Å²) >= 11 is 6.07. The van der Waals surface area contributed by atoms with Crippen molar-refractivity contribution in [3.8, 4) is 5.69 Å². The van der Waals surface area contributed by atoms with Crippen molar-refractivity contribution in [2.24, 2.45) is 7.05 Å². The van der Waals surface area contributed by atoms with Gasteiger partial charge in [-0.05, 0) is 54.1 Å². The van der Waals surface area contributed by atoms with Crippen LogP contribution in [0.3, 0.4) is 0 Å². The van der Waals surface area contributed by atoms with Gasteiger partial charge in [-0.3, -0.25) is 4.79 Å². The average molecular weight is 379 g/mol. The Labute approximate surface area is 162 Å². The molecule has 0 saturated heterocycles. The first-order valence-corrected chi connectivity index (χ1v) is 9.01. The minimum atomic E-state index is -0.0463. The van der Waals surface area contributed by atoms with E-state index in [0.29, 0.717) is 17.4 Å². The predicted molar refractivity (Wildman–Crippen MR) is 107 cm³/mol. The second kappa shape index (κ2) is 6.93. The lowest BCUT2D eigenvalue weighted by Crippen LogP contribution is -2.27. The third kappa shape index (κ3) is 3.22. The van der Waals surface area contributed by atoms with E-state index in [4.69, 9.17) is 11.6 Å². The van der Waals surface area contributed by atoms with Gasteiger partial charge in [-0.25, -0.2) is 4.98 Å². The Bertz CT molecular complexity index is 1110. The van der Waals surface area contributed by atoms with E-state index in [9.17, 15) is 4.79 Å². The van der Waals surface area contributed by atoms with Gasteiger partial charge >= 0.3 is 0 Å². The molecule has 0 aliphatic heterocycles. The second-order valence-corrected chi connectivity index (χ2v) is 6.85. The topological polar surface area (TPSA) is 43.1 Å². The van der Waals surface area contributed by atoms with Gasteiger partial charge < -0.3 is 14.0 Å². The first-order valence-electron chi connectivity index (χ1n) is 8.63. The zero-order valence-corrected chi connectivity index (χ0v) is 15.9. The molecule has 2 aromatic heterocycles. The number of aryl methyl sites for hydroxylation is 1. The van der Waals surface area contributed by atoms with Gasteiger partial charge in [0.2, 0.25) is 5.28 Å². The van der Waals surface area contributed by atoms with Crippen molar-refractivity contribution in [1.82, 2.24) is 19.0 Å². The number of imidazole rings is 1. The summed E-state index contributed by atoms with van der Waals surface area (Å²) in [5.41, 5.74) is 4.35. The van der Waals surface area contributed by atoms with Gasteiger partial charge in [0.1, 0.15) is 0 Å². The number of fused-ring (bicyclic) bond motifs is 1. The molecule has 5 nitrogen and oxygen atoms in total. The largest absolute Gasteiger partial charge is 0.336 e. The number of nitrogens with zero attached hydrogens (tertiary/aromatic N) is 4. The van der Waals surface area contributed by atoms with Crippen LogP contribution in [0.25, 0.3) is 16.7 Å². The minimum absolute atomic E-state index is 0.0463. The molecule has 4 aromatic rings. The van der Waals surface area contributed by atoms with Gasteiger partial charge in [-0.1, -0.05) is 18.2 Å². The summed E-state index contributed by atoms with van der Waals surface area (Å²) in [6.07, 6.45) is 2.01. The number of hydrogen-bond acceptors (Lipinski definition) is 2. The van der Waals surface area contributed by atoms with Crippen LogP contribution in [0, 0.1) is 0 Å². The molecule has 4 rings (SSSR count). The normalized spacial score (nSPS) is 11.1. The number of carbonyl (C=O) groups is 1. The molecule has 0 saturated carbocycles. The van der Waals surface area contributed by atoms with Crippen LogP contribution in [-0.2, 0) is 13.6 Å². The summed E-state index contributed by atoms with van der Waals surface area (Å²) in [7, 11) is 3.65. The molecule has 2 aromatic carbocycles. The summed E-state index contributed by atoms with van der Waals surface area (Å²) in [4.78, 5) is 18.9. The fourth-order valence-corrected chi connectivity index (χ4v) is 3.40. The van der Waals surface area contributed by atoms with Gasteiger partial charge in [0.05, 0.1) is 17.6 Å². The van der Waals surface area contributed by atoms with Crippen molar-refractivity contribution >= 4 is 28.5 Å². The van der Waals surface area contributed by atoms with E-state index in [0.717, 1.165) is 22.4 Å². The lowest BCUT2D eigenvalue weighted by Gasteiger charge is -2.19. The molecule has 0 bridgehead atoms. The van der Waals surface area contributed by atoms with Crippen LogP contribution in [0.2, 0.25) is 5.28 Å². The molecule has 0 aliphatic rings. The molecule has 0 N–H and O–H groups in total. The zero-order chi connectivity index (χ0) is 19.0. The number of aromatic nitrogens is 3. The summed E-state index contributed by atoms with van der Waals surface area (Å²) < 4.78 is 3.86. The Kier molecular flexibility index (Phi) is 4.46. The molecule has 6 heteroatoms. The minimum Gasteiger partial charge on any atom is -0.336 e. The van der Waals surface area contributed by atoms with Crippen LogP contribution >= 0.6 is 11.6 Å². The molecule has 136 valence electrons. The first-order chi connectivity index (χ1) is 13.0. The molecule has 0 spiro atoms. The van der Waals surface area contributed by atoms with Crippen molar-refractivity contribution in [2.75, 3.05) is 7.05 Å². The third-order valence-electron chi connectivity index (χ3n) is 4.69. The number of halogens is 1. The number of carbonyl (C=O) groups excluding carboxylic acids is 1. The Hall–Kier alpha value is -3.05. The Morgan fingerprint density at radius 1 is 1.11 bits per heavy atom. The van der Waals surface area contributed by atoms with Gasteiger partial charge in [0, 0.05) is 37.2 Å². The highest BCUT2D eigenvalue weighted by Gasteiger charge is 2.16. The number of amides is 1. The molecular formula is C21H19ClN4O. The predicted octanol–water partition coefficient (Wildman–Crippen LogP) is 4.29. The average Bonchev–Trinajstić information content (AvgIpc) is 3.26. The maximum atomic E-state index is 12.9. The molecule has 0 fully saturated rings. The maximum Gasteiger partial charge on any atom is 0.254 e. The van der Waals surface area contributed by atoms with Crippen LogP contribution in [0.4, 0.5) is 0 Å². The van der Waals surface area contributed by atoms with Gasteiger partial charge in [0.25, 0.3) is 5.91 Å². The highest BCUT2D eigenvalue weighted by Crippen LogP contribution is 2.21. The Morgan fingerprint density at radius 2 is 1.89 bits per heavy atom. The van der Waals surface area contributed by atoms with Crippen LogP contribution in [-0.4, -0.2) is 32.0 Å². The van der Waals surface area contributed by atoms with Crippen molar-refractivity contribution in [3.05, 3.63) is 83.4 Å². The fraction of sp³-hybridized carbons (Fsp3) is 0.143. The molecule has 1 amide bonds. The fourth-order valence-electron chi connectivity index (χ4n) is 3.21. The van der Waals surface area contributed by atoms with E-state index >= 15 is 0 Å². The molecule has 0 unspecified atom stereocenters. The lowest BCUT2D eigenvalue weighted by atomic mass is 10.1. The number of rotatable bonds is 4. The number of hydrogen-bond donors (Lipinski definition) is 0. The molecular weight excluding hydrogens is 360 g/mol. The van der Waals surface area contributed by atoms with E-state index in [1.807, 2.05) is 74.9 Å². The molecule has 0 aliphatic carbocycles. The van der Waals surface area contributed by atoms with Crippen molar-refractivity contribution in [1.29, 1.82) is 0 Å². The highest BCUT2D eigenvalue weighted by atomic mass is 35.5. The summed E-state index contributed by atoms with van der Waals surface area (Å²) in [6, 6.07) is 19.6. The summed E-state index contributed by atoms with van der Waals surface area (Å²) in [6.45, 7) is 0.505. The van der Waals surface area contributed by atoms with Gasteiger partial charge in [0.15, 0.2) is 0 Å². The van der Waals surface area contributed by atoms with E-state index < -0.39 is 0 Å². The van der Waals surface area contributed by atoms with Crippen LogP contribution in [0.15, 0.2) is 66.9 Å². The number of para-hydroxylation sites is 1. The second-order valence-electron chi connectivity index (χ2n) is 6.51. The lowest BCUT2D eigenvalue weighted by molar-refractivity contribution is 0.0783. The Morgan fingerprint density at radius 3 is 2.67 bits per heavy atom. The van der Waals surface area contributed by atoms with Gasteiger partial charge in [-0.15, -0.1) is 0 Å². The summed E-state index contributed by atoms with van der Waals surface area (Å²) in [5.74, 6) is -0.0463. The smallest absolute Gasteiger partial charge is 0.254 e. The molecule has 0 atom stereocenters. The monoisotopic (exact) mass is 378 g/mol. The van der Waals surface area contributed by atoms with E-state index in [2.05, 4.69) is 9.55 Å². The van der Waals surface area contributed by atoms with Crippen molar-refractivity contribution in [3.63, 3.8) is 0 Å². The molecule has 2 heterocycles. The third-order valence-corrected chi connectivity index (χ3v) is 5.02. The Balaban J connectivity index is 1.59. The van der Waals surface area contributed by atoms with Gasteiger partial charge in [-0.2, -0.15) is 0 Å². The van der Waals surface area contributed by atoms with E-state index in [-0.39, 0.29) is 5.91 Å². The maximum absolute atomic E-state index is 12.9.